The molecule has 0 saturated heterocycles. The highest BCUT2D eigenvalue weighted by Gasteiger charge is 1.88. The summed E-state index contributed by atoms with van der Waals surface area (Å²) >= 11 is 0. The largest absolute Gasteiger partial charge is 0.550 e. The van der Waals surface area contributed by atoms with Crippen molar-refractivity contribution in [2.75, 3.05) is 28.2 Å². The van der Waals surface area contributed by atoms with Crippen molar-refractivity contribution in [3.63, 3.8) is 0 Å². The van der Waals surface area contributed by atoms with E-state index in [0.717, 1.165) is 11.4 Å². The smallest absolute Gasteiger partial charge is 0.0675 e. The van der Waals surface area contributed by atoms with Crippen LogP contribution in [-0.4, -0.2) is 38.6 Å². The highest BCUT2D eigenvalue weighted by Crippen LogP contribution is 1.73. The van der Waals surface area contributed by atoms with Crippen molar-refractivity contribution >= 4 is 5.97 Å². The summed E-state index contributed by atoms with van der Waals surface area (Å²) < 4.78 is 1.00. The summed E-state index contributed by atoms with van der Waals surface area (Å²) in [6, 6.07) is 0. The summed E-state index contributed by atoms with van der Waals surface area (Å²) in [5, 5.41) is 8.89. The van der Waals surface area contributed by atoms with E-state index < -0.39 is 5.97 Å². The lowest BCUT2D eigenvalue weighted by Gasteiger charge is -2.14. The van der Waals surface area contributed by atoms with Crippen molar-refractivity contribution in [2.24, 2.45) is 0 Å². The van der Waals surface area contributed by atoms with Gasteiger partial charge in [-0.2, -0.15) is 0 Å². The number of quaternary nitrogens is 1. The second kappa shape index (κ2) is 4.32. The van der Waals surface area contributed by atoms with Crippen LogP contribution in [-0.2, 0) is 4.79 Å². The molecule has 0 aliphatic heterocycles. The normalized spacial score (nSPS) is 9.44. The number of carbonyl (C=O) groups excluding carboxylic acids is 1. The molecule has 0 spiro atoms. The lowest BCUT2D eigenvalue weighted by molar-refractivity contribution is -0.849. The summed E-state index contributed by atoms with van der Waals surface area (Å²) in [4.78, 5) is 8.89. The van der Waals surface area contributed by atoms with Crippen molar-refractivity contribution < 1.29 is 14.4 Å². The van der Waals surface area contributed by atoms with Crippen LogP contribution in [0.15, 0.2) is 0 Å². The molecule has 3 nitrogen and oxygen atoms in total. The number of carboxylic acids is 1. The van der Waals surface area contributed by atoms with Gasteiger partial charge in [0.15, 0.2) is 0 Å². The Morgan fingerprint density at radius 1 is 1.22 bits per heavy atom. The van der Waals surface area contributed by atoms with Crippen LogP contribution in [0.5, 0.6) is 0 Å². The Balaban J connectivity index is 0. The van der Waals surface area contributed by atoms with Crippen LogP contribution in [0.1, 0.15) is 6.92 Å². The summed E-state index contributed by atoms with van der Waals surface area (Å²) in [5.74, 6) is -1.08. The first-order chi connectivity index (χ1) is 3.73. The quantitative estimate of drug-likeness (QED) is 0.401. The van der Waals surface area contributed by atoms with E-state index >= 15 is 0 Å². The molecule has 3 heteroatoms. The Morgan fingerprint density at radius 2 is 1.22 bits per heavy atom. The second-order valence-electron chi connectivity index (χ2n) is 3.17. The number of rotatable bonds is 0. The van der Waals surface area contributed by atoms with Crippen LogP contribution in [0.3, 0.4) is 0 Å². The van der Waals surface area contributed by atoms with Gasteiger partial charge in [-0.25, -0.2) is 0 Å². The van der Waals surface area contributed by atoms with E-state index in [1.165, 1.54) is 0 Å². The summed E-state index contributed by atoms with van der Waals surface area (Å²) in [6.45, 7) is 0.972. The van der Waals surface area contributed by atoms with E-state index in [0.29, 0.717) is 0 Å². The molecule has 0 radical (unpaired) electrons. The molecule has 0 aliphatic rings. The fourth-order valence-electron chi connectivity index (χ4n) is 0. The first-order valence-corrected chi connectivity index (χ1v) is 2.70. The zero-order valence-corrected chi connectivity index (χ0v) is 6.76. The van der Waals surface area contributed by atoms with Gasteiger partial charge in [-0.15, -0.1) is 0 Å². The minimum absolute atomic E-state index is 0.972. The van der Waals surface area contributed by atoms with Crippen molar-refractivity contribution in [3.05, 3.63) is 0 Å². The molecule has 0 unspecified atom stereocenters. The van der Waals surface area contributed by atoms with Crippen molar-refractivity contribution in [1.82, 2.24) is 0 Å². The Morgan fingerprint density at radius 3 is 1.22 bits per heavy atom. The maximum Gasteiger partial charge on any atom is 0.0675 e. The van der Waals surface area contributed by atoms with E-state index in [9.17, 15) is 0 Å². The van der Waals surface area contributed by atoms with Gasteiger partial charge in [0.25, 0.3) is 0 Å². The molecular weight excluding hydrogens is 118 g/mol. The molecule has 0 atom stereocenters. The summed E-state index contributed by atoms with van der Waals surface area (Å²) in [5.41, 5.74) is 0. The van der Waals surface area contributed by atoms with Crippen LogP contribution in [0.4, 0.5) is 0 Å². The number of carbonyl (C=O) groups is 1. The van der Waals surface area contributed by atoms with Gasteiger partial charge in [0.05, 0.1) is 28.2 Å². The summed E-state index contributed by atoms with van der Waals surface area (Å²) in [7, 11) is 8.50. The van der Waals surface area contributed by atoms with Crippen LogP contribution in [0.25, 0.3) is 0 Å². The van der Waals surface area contributed by atoms with Gasteiger partial charge >= 0.3 is 0 Å². The number of nitrogens with zero attached hydrogens (tertiary/aromatic N) is 1. The lowest BCUT2D eigenvalue weighted by atomic mass is 10.8. The molecule has 0 rings (SSSR count). The monoisotopic (exact) mass is 133 g/mol. The van der Waals surface area contributed by atoms with Gasteiger partial charge in [-0.3, -0.25) is 0 Å². The average molecular weight is 133 g/mol. The Hall–Kier alpha value is -0.570. The van der Waals surface area contributed by atoms with E-state index in [2.05, 4.69) is 28.2 Å². The Labute approximate surface area is 56.5 Å². The third kappa shape index (κ3) is 674. The lowest BCUT2D eigenvalue weighted by Crippen LogP contribution is -2.27. The third-order valence-corrected chi connectivity index (χ3v) is 0. The zero-order valence-electron chi connectivity index (χ0n) is 6.76. The van der Waals surface area contributed by atoms with Gasteiger partial charge in [0.1, 0.15) is 0 Å². The van der Waals surface area contributed by atoms with E-state index in [1.54, 1.807) is 0 Å². The number of aliphatic carboxylic acids is 1. The maximum atomic E-state index is 8.89. The topological polar surface area (TPSA) is 40.1 Å². The highest BCUT2D eigenvalue weighted by molar-refractivity contribution is 5.60. The first kappa shape index (κ1) is 11.3. The SMILES string of the molecule is CC(=O)[O-].C[N+](C)(C)C. The molecule has 0 aromatic carbocycles. The molecule has 0 heterocycles. The number of carboxylic acid groups (broad SMARTS) is 1. The van der Waals surface area contributed by atoms with E-state index in [4.69, 9.17) is 9.90 Å². The molecule has 0 bridgehead atoms. The molecule has 0 saturated carbocycles. The highest BCUT2D eigenvalue weighted by atomic mass is 16.4. The van der Waals surface area contributed by atoms with E-state index in [-0.39, 0.29) is 0 Å². The van der Waals surface area contributed by atoms with E-state index in [1.807, 2.05) is 0 Å². The third-order valence-electron chi connectivity index (χ3n) is 0. The van der Waals surface area contributed by atoms with Gasteiger partial charge in [-0.1, -0.05) is 0 Å². The maximum absolute atomic E-state index is 8.89. The van der Waals surface area contributed by atoms with Crippen LogP contribution in [0, 0.1) is 0 Å². The van der Waals surface area contributed by atoms with Crippen LogP contribution < -0.4 is 5.11 Å². The van der Waals surface area contributed by atoms with Gasteiger partial charge in [0.2, 0.25) is 0 Å². The first-order valence-electron chi connectivity index (χ1n) is 2.70. The van der Waals surface area contributed by atoms with Crippen molar-refractivity contribution in [3.8, 4) is 0 Å². The molecule has 0 fully saturated rings. The molecule has 56 valence electrons. The van der Waals surface area contributed by atoms with Crippen LogP contribution >= 0.6 is 0 Å². The minimum atomic E-state index is -1.08. The van der Waals surface area contributed by atoms with Crippen molar-refractivity contribution in [1.29, 1.82) is 0 Å². The molecule has 0 aromatic rings. The fraction of sp³-hybridized carbons (Fsp3) is 0.833. The minimum Gasteiger partial charge on any atom is -0.550 e. The molecule has 0 N–H and O–H groups in total. The van der Waals surface area contributed by atoms with Gasteiger partial charge in [0, 0.05) is 5.97 Å². The zero-order chi connectivity index (χ0) is 8.08. The standard InChI is InChI=1S/C4H12N.C2H4O2/c1-5(2,3)4;1-2(3)4/h1-4H3;1H3,(H,3,4)/q+1;/p-1. The Bertz CT molecular complexity index is 73.5. The predicted molar refractivity (Wildman–Crippen MR) is 34.6 cm³/mol. The molecule has 0 amide bonds. The molecular formula is C6H15NO2. The number of hydrogen-bond acceptors (Lipinski definition) is 2. The molecule has 9 heavy (non-hydrogen) atoms. The second-order valence-corrected chi connectivity index (χ2v) is 3.17. The van der Waals surface area contributed by atoms with Gasteiger partial charge in [-0.05, 0) is 6.92 Å². The van der Waals surface area contributed by atoms with Gasteiger partial charge < -0.3 is 14.4 Å². The molecule has 0 aromatic heterocycles. The van der Waals surface area contributed by atoms with Crippen molar-refractivity contribution in [2.45, 2.75) is 6.92 Å². The average Bonchev–Trinajstić information content (AvgIpc) is 1.19. The summed E-state index contributed by atoms with van der Waals surface area (Å²) in [6.07, 6.45) is 0. The fourth-order valence-corrected chi connectivity index (χ4v) is 0. The Kier molecular flexibility index (Phi) is 5.41. The predicted octanol–water partition coefficient (Wildman–Crippen LogP) is -0.921. The number of hydrogen-bond donors (Lipinski definition) is 0. The van der Waals surface area contributed by atoms with Crippen LogP contribution in [0.2, 0.25) is 0 Å². The molecule has 0 aliphatic carbocycles.